The molecule has 15 nitrogen and oxygen atoms in total. The first-order valence-electron chi connectivity index (χ1n) is 19.8. The third-order valence-corrected chi connectivity index (χ3v) is 10.7. The molecule has 1 aliphatic rings. The second-order valence-corrected chi connectivity index (χ2v) is 19.8. The number of carbonyl (C=O) groups is 4. The van der Waals surface area contributed by atoms with Gasteiger partial charge >= 0.3 is 24.0 Å². The van der Waals surface area contributed by atoms with Gasteiger partial charge in [0.1, 0.15) is 23.4 Å². The van der Waals surface area contributed by atoms with Gasteiger partial charge in [-0.1, -0.05) is 30.3 Å². The van der Waals surface area contributed by atoms with E-state index < -0.39 is 30.3 Å². The highest BCUT2D eigenvalue weighted by Crippen LogP contribution is 2.47. The van der Waals surface area contributed by atoms with Crippen molar-refractivity contribution in [2.24, 2.45) is 0 Å². The van der Waals surface area contributed by atoms with Gasteiger partial charge < -0.3 is 28.8 Å². The first-order chi connectivity index (χ1) is 26.0. The molecule has 320 valence electrons. The van der Waals surface area contributed by atoms with Gasteiger partial charge in [-0.3, -0.25) is 38.5 Å². The topological polar surface area (TPSA) is 156 Å². The first kappa shape index (κ1) is 49.1. The van der Waals surface area contributed by atoms with Crippen LogP contribution in [0.5, 0.6) is 0 Å². The summed E-state index contributed by atoms with van der Waals surface area (Å²) >= 11 is 0. The van der Waals surface area contributed by atoms with Crippen LogP contribution in [0.25, 0.3) is 0 Å². The number of alkyl carbamates (subject to hydrolysis) is 1. The minimum atomic E-state index is -3.23. The minimum absolute atomic E-state index is 0.0331. The lowest BCUT2D eigenvalue weighted by atomic mass is 10.2. The van der Waals surface area contributed by atoms with Gasteiger partial charge in [0.25, 0.3) is 0 Å². The van der Waals surface area contributed by atoms with Gasteiger partial charge in [-0.05, 0) is 81.2 Å². The Labute approximate surface area is 335 Å². The molecule has 1 N–H and O–H groups in total. The zero-order valence-electron chi connectivity index (χ0n) is 35.7. The van der Waals surface area contributed by atoms with Gasteiger partial charge in [0.2, 0.25) is 7.37 Å². The summed E-state index contributed by atoms with van der Waals surface area (Å²) in [4.78, 5) is 59.4. The van der Waals surface area contributed by atoms with Gasteiger partial charge in [0.05, 0.1) is 32.5 Å². The summed E-state index contributed by atoms with van der Waals surface area (Å²) in [6, 6.07) is 9.39. The molecule has 1 aromatic carbocycles. The Bertz CT molecular complexity index is 1360. The van der Waals surface area contributed by atoms with Crippen molar-refractivity contribution in [2.45, 2.75) is 99.1 Å². The molecule has 1 atom stereocenters. The average Bonchev–Trinajstić information content (AvgIpc) is 3.05. The molecule has 2 rings (SSSR count). The molecule has 1 aliphatic heterocycles. The van der Waals surface area contributed by atoms with E-state index in [9.17, 15) is 23.7 Å². The van der Waals surface area contributed by atoms with E-state index in [1.54, 1.807) is 6.92 Å². The zero-order valence-corrected chi connectivity index (χ0v) is 36.6. The third kappa shape index (κ3) is 23.2. The lowest BCUT2D eigenvalue weighted by Crippen LogP contribution is -2.49. The molecule has 1 fully saturated rings. The maximum atomic E-state index is 14.4. The molecule has 0 aromatic heterocycles. The summed E-state index contributed by atoms with van der Waals surface area (Å²) in [7, 11) is -3.23. The molecule has 56 heavy (non-hydrogen) atoms. The lowest BCUT2D eigenvalue weighted by molar-refractivity contribution is -0.158. The number of nitrogens with one attached hydrogen (secondary N) is 1. The van der Waals surface area contributed by atoms with Crippen LogP contribution in [0.15, 0.2) is 30.3 Å². The van der Waals surface area contributed by atoms with E-state index >= 15 is 0 Å². The van der Waals surface area contributed by atoms with E-state index in [-0.39, 0.29) is 69.7 Å². The molecule has 16 heteroatoms. The predicted octanol–water partition coefficient (Wildman–Crippen LogP) is 4.82. The molecule has 1 unspecified atom stereocenters. The van der Waals surface area contributed by atoms with Crippen LogP contribution in [-0.4, -0.2) is 158 Å². The number of esters is 3. The zero-order chi connectivity index (χ0) is 42.0. The summed E-state index contributed by atoms with van der Waals surface area (Å²) < 4.78 is 42.6. The highest BCUT2D eigenvalue weighted by Gasteiger charge is 2.29. The molecular formula is C40H70N5O10P. The predicted molar refractivity (Wildman–Crippen MR) is 217 cm³/mol. The Morgan fingerprint density at radius 2 is 1.04 bits per heavy atom. The molecule has 0 radical (unpaired) electrons. The smallest absolute Gasteiger partial charge is 0.407 e. The van der Waals surface area contributed by atoms with Crippen molar-refractivity contribution in [1.29, 1.82) is 0 Å². The largest absolute Gasteiger partial charge is 0.459 e. The Hall–Kier alpha value is -3.07. The number of amides is 1. The van der Waals surface area contributed by atoms with Gasteiger partial charge in [-0.25, -0.2) is 4.79 Å². The number of rotatable bonds is 16. The van der Waals surface area contributed by atoms with Crippen molar-refractivity contribution in [2.75, 3.05) is 97.6 Å². The van der Waals surface area contributed by atoms with E-state index in [4.69, 9.17) is 23.5 Å². The van der Waals surface area contributed by atoms with Crippen LogP contribution in [0.1, 0.15) is 81.2 Å². The fourth-order valence-electron chi connectivity index (χ4n) is 5.86. The van der Waals surface area contributed by atoms with E-state index in [1.165, 1.54) is 0 Å². The summed E-state index contributed by atoms with van der Waals surface area (Å²) in [5.41, 5.74) is -1.09. The van der Waals surface area contributed by atoms with E-state index in [0.717, 1.165) is 5.56 Å². The van der Waals surface area contributed by atoms with Crippen molar-refractivity contribution in [3.8, 4) is 0 Å². The van der Waals surface area contributed by atoms with Crippen molar-refractivity contribution in [1.82, 2.24) is 24.9 Å². The van der Waals surface area contributed by atoms with Gasteiger partial charge in [-0.2, -0.15) is 0 Å². The van der Waals surface area contributed by atoms with Crippen LogP contribution in [0.4, 0.5) is 4.79 Å². The standard InChI is InChI=1S/C40H70N5O10P/c1-11-52-56(50,27-15-18-41-37(49)51-31-33-16-13-12-14-17-33)32-45-25-23-43(29-35(47)54-39(5,6)7)21-19-42(28-34(46)53-38(2,3)4)20-22-44(24-26-45)30-36(48)55-40(8,9)10/h12-14,16-17H,11,15,18-32H2,1-10H3,(H,41,49). The Morgan fingerprint density at radius 3 is 1.41 bits per heavy atom. The van der Waals surface area contributed by atoms with Crippen LogP contribution in [-0.2, 0) is 49.0 Å². The average molecular weight is 812 g/mol. The van der Waals surface area contributed by atoms with Crippen molar-refractivity contribution < 1.29 is 47.2 Å². The maximum absolute atomic E-state index is 14.4. The molecule has 1 saturated heterocycles. The van der Waals surface area contributed by atoms with Gasteiger partial charge in [-0.15, -0.1) is 0 Å². The van der Waals surface area contributed by atoms with Gasteiger partial charge in [0.15, 0.2) is 0 Å². The van der Waals surface area contributed by atoms with Crippen LogP contribution >= 0.6 is 7.37 Å². The normalized spacial score (nSPS) is 17.5. The maximum Gasteiger partial charge on any atom is 0.407 e. The number of hydrogen-bond acceptors (Lipinski definition) is 14. The molecule has 1 aromatic rings. The molecular weight excluding hydrogens is 741 g/mol. The number of hydrogen-bond donors (Lipinski definition) is 1. The van der Waals surface area contributed by atoms with Crippen LogP contribution in [0.3, 0.4) is 0 Å². The minimum Gasteiger partial charge on any atom is -0.459 e. The highest BCUT2D eigenvalue weighted by molar-refractivity contribution is 7.58. The van der Waals surface area contributed by atoms with Gasteiger partial charge in [0, 0.05) is 65.1 Å². The Balaban J connectivity index is 2.26. The lowest BCUT2D eigenvalue weighted by Gasteiger charge is -2.35. The number of carbonyl (C=O) groups excluding carboxylic acids is 4. The Morgan fingerprint density at radius 1 is 0.643 bits per heavy atom. The second kappa shape index (κ2) is 23.4. The van der Waals surface area contributed by atoms with E-state index in [1.807, 2.05) is 107 Å². The molecule has 1 heterocycles. The molecule has 1 amide bonds. The number of ether oxygens (including phenoxy) is 4. The molecule has 0 aliphatic carbocycles. The number of nitrogens with zero attached hydrogens (tertiary/aromatic N) is 4. The van der Waals surface area contributed by atoms with Crippen LogP contribution in [0.2, 0.25) is 0 Å². The van der Waals surface area contributed by atoms with Crippen molar-refractivity contribution >= 4 is 31.4 Å². The first-order valence-corrected chi connectivity index (χ1v) is 21.7. The SMILES string of the molecule is CCOP(=O)(CCCNC(=O)OCc1ccccc1)CN1CCN(CC(=O)OC(C)(C)C)CCN(CC(=O)OC(C)(C)C)CCN(CC(=O)OC(C)(C)C)CC1. The van der Waals surface area contributed by atoms with Crippen molar-refractivity contribution in [3.05, 3.63) is 35.9 Å². The molecule has 0 spiro atoms. The summed E-state index contributed by atoms with van der Waals surface area (Å²) in [5, 5.41) is 2.74. The quantitative estimate of drug-likeness (QED) is 0.105. The molecule has 0 saturated carbocycles. The fourth-order valence-corrected chi connectivity index (χ4v) is 8.22. The number of benzene rings is 1. The summed E-state index contributed by atoms with van der Waals surface area (Å²) in [6.45, 7) is 22.5. The van der Waals surface area contributed by atoms with E-state index in [0.29, 0.717) is 58.8 Å². The summed E-state index contributed by atoms with van der Waals surface area (Å²) in [6.07, 6.45) is 0.237. The second-order valence-electron chi connectivity index (χ2n) is 17.1. The summed E-state index contributed by atoms with van der Waals surface area (Å²) in [5.74, 6) is -1.10. The third-order valence-electron chi connectivity index (χ3n) is 8.19. The molecule has 0 bridgehead atoms. The van der Waals surface area contributed by atoms with Crippen LogP contribution in [0, 0.1) is 0 Å². The van der Waals surface area contributed by atoms with Crippen molar-refractivity contribution in [3.63, 3.8) is 0 Å². The highest BCUT2D eigenvalue weighted by atomic mass is 31.2. The van der Waals surface area contributed by atoms with Crippen LogP contribution < -0.4 is 5.32 Å². The monoisotopic (exact) mass is 811 g/mol. The van der Waals surface area contributed by atoms with E-state index in [2.05, 4.69) is 10.2 Å². The fraction of sp³-hybridized carbons (Fsp3) is 0.750. The Kier molecular flexibility index (Phi) is 20.5.